The lowest BCUT2D eigenvalue weighted by molar-refractivity contribution is 0.126. The SMILES string of the molecule is CC(C)(C)c1cccc(OCCCN2CCC(CO)CC2)c1. The van der Waals surface area contributed by atoms with Crippen molar-refractivity contribution in [1.82, 2.24) is 4.90 Å². The van der Waals surface area contributed by atoms with E-state index < -0.39 is 0 Å². The first-order valence-electron chi connectivity index (χ1n) is 8.55. The van der Waals surface area contributed by atoms with Crippen molar-refractivity contribution in [2.45, 2.75) is 45.4 Å². The summed E-state index contributed by atoms with van der Waals surface area (Å²) in [7, 11) is 0. The fourth-order valence-corrected chi connectivity index (χ4v) is 2.92. The van der Waals surface area contributed by atoms with E-state index in [0.717, 1.165) is 51.3 Å². The van der Waals surface area contributed by atoms with E-state index in [1.807, 2.05) is 6.07 Å². The second-order valence-electron chi connectivity index (χ2n) is 7.45. The smallest absolute Gasteiger partial charge is 0.119 e. The molecule has 1 aromatic carbocycles. The van der Waals surface area contributed by atoms with Crippen LogP contribution in [0.5, 0.6) is 5.75 Å². The van der Waals surface area contributed by atoms with Crippen LogP contribution in [0.3, 0.4) is 0 Å². The number of aliphatic hydroxyl groups excluding tert-OH is 1. The van der Waals surface area contributed by atoms with Gasteiger partial charge in [-0.25, -0.2) is 0 Å². The average Bonchev–Trinajstić information content (AvgIpc) is 2.52. The molecule has 1 saturated heterocycles. The van der Waals surface area contributed by atoms with Crippen LogP contribution in [-0.4, -0.2) is 42.9 Å². The Kier molecular flexibility index (Phi) is 6.27. The summed E-state index contributed by atoms with van der Waals surface area (Å²) < 4.78 is 5.91. The van der Waals surface area contributed by atoms with Crippen molar-refractivity contribution in [3.8, 4) is 5.75 Å². The molecule has 0 saturated carbocycles. The Balaban J connectivity index is 1.69. The number of likely N-dealkylation sites (tertiary alicyclic amines) is 1. The maximum atomic E-state index is 9.16. The van der Waals surface area contributed by atoms with Crippen molar-refractivity contribution >= 4 is 0 Å². The molecule has 2 rings (SSSR count). The van der Waals surface area contributed by atoms with Gasteiger partial charge in [0, 0.05) is 13.2 Å². The lowest BCUT2D eigenvalue weighted by Crippen LogP contribution is -2.35. The minimum absolute atomic E-state index is 0.163. The molecule has 1 N–H and O–H groups in total. The Labute approximate surface area is 135 Å². The zero-order valence-electron chi connectivity index (χ0n) is 14.3. The fourth-order valence-electron chi connectivity index (χ4n) is 2.92. The third-order valence-corrected chi connectivity index (χ3v) is 4.55. The summed E-state index contributed by atoms with van der Waals surface area (Å²) >= 11 is 0. The molecular formula is C19H31NO2. The van der Waals surface area contributed by atoms with Crippen LogP contribution in [0.25, 0.3) is 0 Å². The number of hydrogen-bond acceptors (Lipinski definition) is 3. The average molecular weight is 305 g/mol. The van der Waals surface area contributed by atoms with Crippen molar-refractivity contribution < 1.29 is 9.84 Å². The predicted octanol–water partition coefficient (Wildman–Crippen LogP) is 3.46. The third kappa shape index (κ3) is 5.29. The molecule has 0 unspecified atom stereocenters. The summed E-state index contributed by atoms with van der Waals surface area (Å²) in [5, 5.41) is 9.16. The van der Waals surface area contributed by atoms with Crippen LogP contribution in [0.2, 0.25) is 0 Å². The van der Waals surface area contributed by atoms with E-state index in [2.05, 4.69) is 43.9 Å². The molecule has 1 fully saturated rings. The van der Waals surface area contributed by atoms with Crippen LogP contribution in [0.1, 0.15) is 45.6 Å². The second-order valence-corrected chi connectivity index (χ2v) is 7.45. The molecule has 0 spiro atoms. The highest BCUT2D eigenvalue weighted by Gasteiger charge is 2.18. The molecule has 0 aliphatic carbocycles. The highest BCUT2D eigenvalue weighted by molar-refractivity contribution is 5.32. The number of rotatable bonds is 6. The van der Waals surface area contributed by atoms with E-state index >= 15 is 0 Å². The minimum Gasteiger partial charge on any atom is -0.494 e. The van der Waals surface area contributed by atoms with Crippen molar-refractivity contribution in [2.24, 2.45) is 5.92 Å². The first-order valence-corrected chi connectivity index (χ1v) is 8.55. The van der Waals surface area contributed by atoms with Gasteiger partial charge in [-0.05, 0) is 61.4 Å². The molecule has 1 heterocycles. The number of nitrogens with zero attached hydrogens (tertiary/aromatic N) is 1. The number of aliphatic hydroxyl groups is 1. The number of piperidine rings is 1. The van der Waals surface area contributed by atoms with Gasteiger partial charge in [-0.2, -0.15) is 0 Å². The van der Waals surface area contributed by atoms with Gasteiger partial charge in [0.15, 0.2) is 0 Å². The molecule has 1 aliphatic heterocycles. The van der Waals surface area contributed by atoms with Crippen LogP contribution < -0.4 is 4.74 Å². The molecule has 1 aromatic rings. The van der Waals surface area contributed by atoms with Gasteiger partial charge in [0.2, 0.25) is 0 Å². The number of benzene rings is 1. The van der Waals surface area contributed by atoms with Gasteiger partial charge in [-0.1, -0.05) is 32.9 Å². The Hall–Kier alpha value is -1.06. The van der Waals surface area contributed by atoms with Crippen LogP contribution in [-0.2, 0) is 5.41 Å². The van der Waals surface area contributed by atoms with Gasteiger partial charge in [0.1, 0.15) is 5.75 Å². The van der Waals surface area contributed by atoms with Crippen molar-refractivity contribution in [3.63, 3.8) is 0 Å². The summed E-state index contributed by atoms with van der Waals surface area (Å²) in [6.07, 6.45) is 3.32. The molecule has 0 atom stereocenters. The Morgan fingerprint density at radius 2 is 1.95 bits per heavy atom. The van der Waals surface area contributed by atoms with Crippen LogP contribution >= 0.6 is 0 Å². The highest BCUT2D eigenvalue weighted by atomic mass is 16.5. The van der Waals surface area contributed by atoms with Crippen LogP contribution in [0.15, 0.2) is 24.3 Å². The summed E-state index contributed by atoms with van der Waals surface area (Å²) in [6, 6.07) is 8.45. The van der Waals surface area contributed by atoms with Gasteiger partial charge in [0.25, 0.3) is 0 Å². The Morgan fingerprint density at radius 1 is 1.23 bits per heavy atom. The van der Waals surface area contributed by atoms with E-state index in [0.29, 0.717) is 12.5 Å². The standard InChI is InChI=1S/C19H31NO2/c1-19(2,3)17-6-4-7-18(14-17)22-13-5-10-20-11-8-16(15-21)9-12-20/h4,6-7,14,16,21H,5,8-13,15H2,1-3H3. The van der Waals surface area contributed by atoms with Gasteiger partial charge in [0.05, 0.1) is 6.61 Å². The third-order valence-electron chi connectivity index (χ3n) is 4.55. The van der Waals surface area contributed by atoms with E-state index in [1.54, 1.807) is 0 Å². The van der Waals surface area contributed by atoms with E-state index in [1.165, 1.54) is 5.56 Å². The highest BCUT2D eigenvalue weighted by Crippen LogP contribution is 2.25. The maximum absolute atomic E-state index is 9.16. The lowest BCUT2D eigenvalue weighted by Gasteiger charge is -2.30. The summed E-state index contributed by atoms with van der Waals surface area (Å²) in [6.45, 7) is 11.1. The Morgan fingerprint density at radius 3 is 2.59 bits per heavy atom. The summed E-state index contributed by atoms with van der Waals surface area (Å²) in [5.41, 5.74) is 1.48. The van der Waals surface area contributed by atoms with E-state index in [4.69, 9.17) is 9.84 Å². The molecule has 1 aliphatic rings. The molecule has 0 aromatic heterocycles. The fraction of sp³-hybridized carbons (Fsp3) is 0.684. The first kappa shape index (κ1) is 17.3. The normalized spacial score (nSPS) is 17.6. The van der Waals surface area contributed by atoms with Crippen molar-refractivity contribution in [2.75, 3.05) is 32.8 Å². The van der Waals surface area contributed by atoms with Gasteiger partial charge in [-0.3, -0.25) is 0 Å². The lowest BCUT2D eigenvalue weighted by atomic mass is 9.87. The molecule has 0 bridgehead atoms. The van der Waals surface area contributed by atoms with Gasteiger partial charge < -0.3 is 14.7 Å². The predicted molar refractivity (Wildman–Crippen MR) is 91.5 cm³/mol. The maximum Gasteiger partial charge on any atom is 0.119 e. The topological polar surface area (TPSA) is 32.7 Å². The zero-order valence-corrected chi connectivity index (χ0v) is 14.3. The quantitative estimate of drug-likeness (QED) is 0.817. The minimum atomic E-state index is 0.163. The van der Waals surface area contributed by atoms with Gasteiger partial charge in [-0.15, -0.1) is 0 Å². The largest absolute Gasteiger partial charge is 0.494 e. The molecule has 0 amide bonds. The first-order chi connectivity index (χ1) is 10.5. The van der Waals surface area contributed by atoms with Crippen LogP contribution in [0, 0.1) is 5.92 Å². The molecule has 124 valence electrons. The summed E-state index contributed by atoms with van der Waals surface area (Å²) in [4.78, 5) is 2.49. The second kappa shape index (κ2) is 7.98. The molecular weight excluding hydrogens is 274 g/mol. The molecule has 3 heteroatoms. The van der Waals surface area contributed by atoms with Gasteiger partial charge >= 0.3 is 0 Å². The monoisotopic (exact) mass is 305 g/mol. The molecule has 22 heavy (non-hydrogen) atoms. The van der Waals surface area contributed by atoms with Crippen molar-refractivity contribution in [1.29, 1.82) is 0 Å². The van der Waals surface area contributed by atoms with E-state index in [9.17, 15) is 0 Å². The van der Waals surface area contributed by atoms with Crippen molar-refractivity contribution in [3.05, 3.63) is 29.8 Å². The van der Waals surface area contributed by atoms with E-state index in [-0.39, 0.29) is 5.41 Å². The Bertz CT molecular complexity index is 445. The molecule has 3 nitrogen and oxygen atoms in total. The molecule has 0 radical (unpaired) electrons. The summed E-state index contributed by atoms with van der Waals surface area (Å²) in [5.74, 6) is 1.50. The zero-order chi connectivity index (χ0) is 16.0. The number of ether oxygens (including phenoxy) is 1. The van der Waals surface area contributed by atoms with Crippen LogP contribution in [0.4, 0.5) is 0 Å². The number of hydrogen-bond donors (Lipinski definition) is 1.